The SMILES string of the molecule is CC(C)(C)OC(=O)N1CCC(c2c(C=O)cnn2C2CC2)CC1.CCOC(=O)CC(=O)C1CCN(C(=O)OC(C)(C)C)CC1.CCOC(=O)c1cnn(C2CC2)c1C1CCN(C(=O)OC(C)(C)C)CC1. The molecular weight excluding hydrogens is 903 g/mol. The number of Topliss-reactive ketones (excluding diaryl/α,β-unsaturated/α-hetero) is 1. The van der Waals surface area contributed by atoms with Gasteiger partial charge in [0.15, 0.2) is 6.29 Å². The van der Waals surface area contributed by atoms with Crippen LogP contribution in [0.4, 0.5) is 14.4 Å². The van der Waals surface area contributed by atoms with Gasteiger partial charge in [0.1, 0.15) is 34.6 Å². The number of carbonyl (C=O) groups excluding carboxylic acids is 7. The number of piperidine rings is 3. The van der Waals surface area contributed by atoms with Crippen LogP contribution in [0.3, 0.4) is 0 Å². The van der Waals surface area contributed by atoms with Crippen molar-refractivity contribution in [3.8, 4) is 0 Å². The molecule has 0 atom stereocenters. The number of carbonyl (C=O) groups is 7. The second-order valence-corrected chi connectivity index (χ2v) is 21.8. The molecule has 3 aliphatic heterocycles. The molecule has 0 aromatic carbocycles. The van der Waals surface area contributed by atoms with Crippen molar-refractivity contribution in [1.29, 1.82) is 0 Å². The Morgan fingerprint density at radius 3 is 1.33 bits per heavy atom. The van der Waals surface area contributed by atoms with Gasteiger partial charge in [-0.25, -0.2) is 19.2 Å². The van der Waals surface area contributed by atoms with Crippen molar-refractivity contribution in [1.82, 2.24) is 34.3 Å². The molecule has 2 aromatic rings. The van der Waals surface area contributed by atoms with E-state index in [-0.39, 0.29) is 60.8 Å². The summed E-state index contributed by atoms with van der Waals surface area (Å²) in [6.07, 6.45) is 12.1. The van der Waals surface area contributed by atoms with Gasteiger partial charge in [0.05, 0.1) is 54.6 Å². The van der Waals surface area contributed by atoms with Gasteiger partial charge in [-0.05, 0) is 140 Å². The molecule has 0 N–H and O–H groups in total. The highest BCUT2D eigenvalue weighted by Crippen LogP contribution is 2.42. The van der Waals surface area contributed by atoms with Gasteiger partial charge < -0.3 is 38.4 Å². The fourth-order valence-corrected chi connectivity index (χ4v) is 8.80. The number of aromatic nitrogens is 4. The normalized spacial score (nSPS) is 18.4. The zero-order valence-corrected chi connectivity index (χ0v) is 43.6. The van der Waals surface area contributed by atoms with Gasteiger partial charge in [0.25, 0.3) is 0 Å². The smallest absolute Gasteiger partial charge is 0.410 e. The highest BCUT2D eigenvalue weighted by atomic mass is 16.6. The predicted octanol–water partition coefficient (Wildman–Crippen LogP) is 8.81. The Hall–Kier alpha value is -5.49. The first-order valence-corrected chi connectivity index (χ1v) is 25.3. The molecule has 0 radical (unpaired) electrons. The summed E-state index contributed by atoms with van der Waals surface area (Å²) in [7, 11) is 0. The number of nitrogens with zero attached hydrogens (tertiary/aromatic N) is 7. The number of ether oxygens (including phenoxy) is 5. The molecule has 19 nitrogen and oxygen atoms in total. The lowest BCUT2D eigenvalue weighted by atomic mass is 9.91. The van der Waals surface area contributed by atoms with Gasteiger partial charge >= 0.3 is 30.2 Å². The van der Waals surface area contributed by atoms with E-state index in [0.717, 1.165) is 69.0 Å². The molecule has 5 heterocycles. The first-order chi connectivity index (χ1) is 32.9. The van der Waals surface area contributed by atoms with Crippen molar-refractivity contribution in [3.63, 3.8) is 0 Å². The van der Waals surface area contributed by atoms with Gasteiger partial charge in [-0.1, -0.05) is 0 Å². The molecule has 0 bridgehead atoms. The topological polar surface area (TPSA) is 211 Å². The Kier molecular flexibility index (Phi) is 19.1. The predicted molar refractivity (Wildman–Crippen MR) is 259 cm³/mol. The van der Waals surface area contributed by atoms with E-state index in [2.05, 4.69) is 10.2 Å². The van der Waals surface area contributed by atoms with Crippen molar-refractivity contribution in [2.75, 3.05) is 52.5 Å². The van der Waals surface area contributed by atoms with Gasteiger partial charge in [-0.3, -0.25) is 23.7 Å². The number of hydrogen-bond acceptors (Lipinski definition) is 14. The Balaban J connectivity index is 0.000000197. The quantitative estimate of drug-likeness (QED) is 0.0892. The van der Waals surface area contributed by atoms with E-state index < -0.39 is 22.8 Å². The molecule has 7 rings (SSSR count). The third-order valence-corrected chi connectivity index (χ3v) is 12.4. The van der Waals surface area contributed by atoms with Crippen LogP contribution in [0, 0.1) is 5.92 Å². The van der Waals surface area contributed by atoms with Crippen LogP contribution in [0.25, 0.3) is 0 Å². The van der Waals surface area contributed by atoms with E-state index >= 15 is 0 Å². The van der Waals surface area contributed by atoms with E-state index in [4.69, 9.17) is 23.7 Å². The lowest BCUT2D eigenvalue weighted by Gasteiger charge is -2.34. The molecule has 70 heavy (non-hydrogen) atoms. The third kappa shape index (κ3) is 16.6. The average molecular weight is 982 g/mol. The fraction of sp³-hybridized carbons (Fsp3) is 0.745. The van der Waals surface area contributed by atoms with Gasteiger partial charge in [-0.2, -0.15) is 10.2 Å². The highest BCUT2D eigenvalue weighted by molar-refractivity contribution is 5.97. The van der Waals surface area contributed by atoms with Crippen molar-refractivity contribution in [3.05, 3.63) is 34.9 Å². The van der Waals surface area contributed by atoms with Crippen molar-refractivity contribution >= 4 is 42.3 Å². The van der Waals surface area contributed by atoms with E-state index in [9.17, 15) is 33.6 Å². The number of aldehydes is 1. The fourth-order valence-electron chi connectivity index (χ4n) is 8.80. The lowest BCUT2D eigenvalue weighted by Crippen LogP contribution is -2.43. The lowest BCUT2D eigenvalue weighted by molar-refractivity contribution is -0.146. The Morgan fingerprint density at radius 2 is 0.943 bits per heavy atom. The van der Waals surface area contributed by atoms with E-state index in [1.165, 1.54) is 0 Å². The zero-order chi connectivity index (χ0) is 51.6. The average Bonchev–Trinajstić information content (AvgIpc) is 4.23. The number of ketones is 1. The summed E-state index contributed by atoms with van der Waals surface area (Å²) < 4.78 is 30.2. The summed E-state index contributed by atoms with van der Waals surface area (Å²) in [5.74, 6) is -0.556. The van der Waals surface area contributed by atoms with E-state index in [1.807, 2.05) is 78.6 Å². The zero-order valence-electron chi connectivity index (χ0n) is 43.6. The minimum Gasteiger partial charge on any atom is -0.466 e. The molecule has 3 amide bonds. The Labute approximate surface area is 413 Å². The third-order valence-electron chi connectivity index (χ3n) is 12.4. The summed E-state index contributed by atoms with van der Waals surface area (Å²) in [6, 6.07) is 0.861. The largest absolute Gasteiger partial charge is 0.466 e. The summed E-state index contributed by atoms with van der Waals surface area (Å²) in [5, 5.41) is 8.88. The maximum absolute atomic E-state index is 12.3. The minimum absolute atomic E-state index is 0.0997. The van der Waals surface area contributed by atoms with Crippen molar-refractivity contribution in [2.45, 2.75) is 188 Å². The molecule has 3 saturated heterocycles. The number of amides is 3. The molecule has 19 heteroatoms. The van der Waals surface area contributed by atoms with Crippen LogP contribution < -0.4 is 0 Å². The maximum Gasteiger partial charge on any atom is 0.410 e. The molecule has 5 fully saturated rings. The van der Waals surface area contributed by atoms with Gasteiger partial charge in [0.2, 0.25) is 0 Å². The molecule has 2 saturated carbocycles. The standard InChI is InChI=1S/C19H29N3O4.C17H25N3O3.C15H25NO5/c1-5-25-17(23)15-12-20-22(14-6-7-14)16(15)13-8-10-21(11-9-13)18(24)26-19(2,3)4;1-17(2,3)23-16(22)19-8-6-12(7-9-19)15-13(11-21)10-18-20(15)14-4-5-14;1-5-20-13(18)10-12(17)11-6-8-16(9-7-11)14(19)21-15(2,3)4/h12-14H,5-11H2,1-4H3;10-12,14H,4-9H2,1-3H3;11H,5-10H2,1-4H3. The molecule has 390 valence electrons. The summed E-state index contributed by atoms with van der Waals surface area (Å²) >= 11 is 0. The number of esters is 2. The van der Waals surface area contributed by atoms with Crippen molar-refractivity contribution < 1.29 is 57.2 Å². The van der Waals surface area contributed by atoms with Crippen LogP contribution >= 0.6 is 0 Å². The molecule has 0 unspecified atom stereocenters. The van der Waals surface area contributed by atoms with E-state index in [0.29, 0.717) is 81.9 Å². The van der Waals surface area contributed by atoms with Crippen LogP contribution in [0.5, 0.6) is 0 Å². The molecule has 5 aliphatic rings. The molecule has 2 aliphatic carbocycles. The second kappa shape index (κ2) is 24.1. The first kappa shape index (κ1) is 55.4. The Morgan fingerprint density at radius 1 is 0.557 bits per heavy atom. The summed E-state index contributed by atoms with van der Waals surface area (Å²) in [6.45, 7) is 24.4. The number of likely N-dealkylation sites (tertiary alicyclic amines) is 3. The number of rotatable bonds is 11. The van der Waals surface area contributed by atoms with Crippen LogP contribution in [-0.4, -0.2) is 146 Å². The van der Waals surface area contributed by atoms with Crippen LogP contribution in [-0.2, 0) is 33.3 Å². The van der Waals surface area contributed by atoms with Gasteiger partial charge in [-0.15, -0.1) is 0 Å². The number of hydrogen-bond donors (Lipinski definition) is 0. The molecular formula is C51H79N7O12. The second-order valence-electron chi connectivity index (χ2n) is 21.8. The molecule has 0 spiro atoms. The Bertz CT molecular complexity index is 2110. The minimum atomic E-state index is -0.520. The van der Waals surface area contributed by atoms with Crippen LogP contribution in [0.1, 0.15) is 203 Å². The van der Waals surface area contributed by atoms with Crippen LogP contribution in [0.2, 0.25) is 0 Å². The van der Waals surface area contributed by atoms with Crippen molar-refractivity contribution in [2.24, 2.45) is 5.92 Å². The van der Waals surface area contributed by atoms with Gasteiger partial charge in [0, 0.05) is 57.0 Å². The summed E-state index contributed by atoms with van der Waals surface area (Å²) in [5.41, 5.74) is 1.84. The maximum atomic E-state index is 12.3. The summed E-state index contributed by atoms with van der Waals surface area (Å²) in [4.78, 5) is 88.3. The van der Waals surface area contributed by atoms with Crippen LogP contribution in [0.15, 0.2) is 12.4 Å². The monoisotopic (exact) mass is 982 g/mol. The highest BCUT2D eigenvalue weighted by Gasteiger charge is 2.38. The molecule has 2 aromatic heterocycles. The first-order valence-electron chi connectivity index (χ1n) is 25.3. The van der Waals surface area contributed by atoms with E-state index in [1.54, 1.807) is 34.0 Å².